The molecule has 0 fully saturated rings. The summed E-state index contributed by atoms with van der Waals surface area (Å²) in [5, 5.41) is 8.66. The first-order chi connectivity index (χ1) is 8.61. The largest absolute Gasteiger partial charge is 0.313 e. The van der Waals surface area contributed by atoms with Gasteiger partial charge < -0.3 is 5.32 Å². The first-order valence-electron chi connectivity index (χ1n) is 6.06. The number of likely N-dealkylation sites (N-methyl/N-ethyl adjacent to an activating group) is 1. The molecule has 1 aromatic heterocycles. The zero-order valence-corrected chi connectivity index (χ0v) is 12.5. The summed E-state index contributed by atoms with van der Waals surface area (Å²) in [5.41, 5.74) is 5.13. The SMILES string of the molecule is CNC(Cc1ccc(C)cc1Cl)c1cscc1C. The van der Waals surface area contributed by atoms with Crippen LogP contribution in [0.2, 0.25) is 5.02 Å². The average Bonchev–Trinajstić information content (AvgIpc) is 2.75. The quantitative estimate of drug-likeness (QED) is 0.868. The molecule has 1 atom stereocenters. The van der Waals surface area contributed by atoms with Crippen LogP contribution in [-0.4, -0.2) is 7.05 Å². The number of hydrogen-bond acceptors (Lipinski definition) is 2. The summed E-state index contributed by atoms with van der Waals surface area (Å²) < 4.78 is 0. The Morgan fingerprint density at radius 1 is 1.28 bits per heavy atom. The van der Waals surface area contributed by atoms with Gasteiger partial charge in [-0.05, 0) is 66.4 Å². The average molecular weight is 280 g/mol. The standard InChI is InChI=1S/C15H18ClNS/c1-10-4-5-12(14(16)6-10)7-15(17-3)13-9-18-8-11(13)2/h4-6,8-9,15,17H,7H2,1-3H3. The lowest BCUT2D eigenvalue weighted by Crippen LogP contribution is -2.19. The molecule has 1 heterocycles. The molecule has 18 heavy (non-hydrogen) atoms. The molecule has 0 saturated heterocycles. The van der Waals surface area contributed by atoms with Crippen molar-refractivity contribution in [2.45, 2.75) is 26.3 Å². The molecule has 3 heteroatoms. The third-order valence-corrected chi connectivity index (χ3v) is 4.48. The van der Waals surface area contributed by atoms with Crippen LogP contribution in [0.1, 0.15) is 28.3 Å². The molecule has 1 unspecified atom stereocenters. The van der Waals surface area contributed by atoms with Crippen LogP contribution in [0.5, 0.6) is 0 Å². The molecule has 96 valence electrons. The van der Waals surface area contributed by atoms with Gasteiger partial charge in [0.1, 0.15) is 0 Å². The van der Waals surface area contributed by atoms with Crippen LogP contribution in [0.15, 0.2) is 29.0 Å². The Hall–Kier alpha value is -0.830. The maximum atomic E-state index is 6.31. The van der Waals surface area contributed by atoms with Gasteiger partial charge >= 0.3 is 0 Å². The van der Waals surface area contributed by atoms with Crippen molar-refractivity contribution in [3.63, 3.8) is 0 Å². The molecule has 0 bridgehead atoms. The number of benzene rings is 1. The number of thiophene rings is 1. The lowest BCUT2D eigenvalue weighted by atomic mass is 9.98. The number of aryl methyl sites for hydroxylation is 2. The van der Waals surface area contributed by atoms with Gasteiger partial charge in [0.2, 0.25) is 0 Å². The van der Waals surface area contributed by atoms with Gasteiger partial charge in [-0.2, -0.15) is 11.3 Å². The molecule has 0 aliphatic carbocycles. The summed E-state index contributed by atoms with van der Waals surface area (Å²) in [5.74, 6) is 0. The van der Waals surface area contributed by atoms with Gasteiger partial charge in [-0.15, -0.1) is 0 Å². The number of hydrogen-bond donors (Lipinski definition) is 1. The number of rotatable bonds is 4. The van der Waals surface area contributed by atoms with Gasteiger partial charge in [-0.25, -0.2) is 0 Å². The fourth-order valence-corrected chi connectivity index (χ4v) is 3.35. The van der Waals surface area contributed by atoms with Crippen LogP contribution in [-0.2, 0) is 6.42 Å². The minimum absolute atomic E-state index is 0.330. The maximum absolute atomic E-state index is 6.31. The molecule has 1 aromatic carbocycles. The van der Waals surface area contributed by atoms with E-state index in [9.17, 15) is 0 Å². The normalized spacial score (nSPS) is 12.7. The van der Waals surface area contributed by atoms with Crippen LogP contribution in [0.4, 0.5) is 0 Å². The van der Waals surface area contributed by atoms with Gasteiger partial charge in [0.05, 0.1) is 0 Å². The van der Waals surface area contributed by atoms with Crippen molar-refractivity contribution in [1.82, 2.24) is 5.32 Å². The summed E-state index contributed by atoms with van der Waals surface area (Å²) in [6.07, 6.45) is 0.924. The third kappa shape index (κ3) is 2.94. The van der Waals surface area contributed by atoms with E-state index in [1.807, 2.05) is 13.1 Å². The predicted octanol–water partition coefficient (Wildman–Crippen LogP) is 4.52. The van der Waals surface area contributed by atoms with E-state index in [1.54, 1.807) is 11.3 Å². The highest BCUT2D eigenvalue weighted by Crippen LogP contribution is 2.27. The van der Waals surface area contributed by atoms with Gasteiger partial charge in [0, 0.05) is 11.1 Å². The van der Waals surface area contributed by atoms with Crippen LogP contribution < -0.4 is 5.32 Å². The second-order valence-electron chi connectivity index (χ2n) is 4.65. The fraction of sp³-hybridized carbons (Fsp3) is 0.333. The highest BCUT2D eigenvalue weighted by molar-refractivity contribution is 7.08. The maximum Gasteiger partial charge on any atom is 0.0441 e. The van der Waals surface area contributed by atoms with E-state index in [2.05, 4.69) is 42.1 Å². The summed E-state index contributed by atoms with van der Waals surface area (Å²) in [7, 11) is 2.00. The minimum Gasteiger partial charge on any atom is -0.313 e. The summed E-state index contributed by atoms with van der Waals surface area (Å²) >= 11 is 8.06. The summed E-state index contributed by atoms with van der Waals surface area (Å²) in [4.78, 5) is 0. The van der Waals surface area contributed by atoms with Gasteiger partial charge in [0.25, 0.3) is 0 Å². The molecule has 0 aliphatic heterocycles. The van der Waals surface area contributed by atoms with Crippen LogP contribution in [0.3, 0.4) is 0 Å². The Kier molecular flexibility index (Phi) is 4.44. The third-order valence-electron chi connectivity index (χ3n) is 3.25. The van der Waals surface area contributed by atoms with Gasteiger partial charge in [0.15, 0.2) is 0 Å². The topological polar surface area (TPSA) is 12.0 Å². The highest BCUT2D eigenvalue weighted by atomic mass is 35.5. The lowest BCUT2D eigenvalue weighted by Gasteiger charge is -2.17. The van der Waals surface area contributed by atoms with Crippen molar-refractivity contribution in [3.05, 3.63) is 56.2 Å². The second kappa shape index (κ2) is 5.87. The number of halogens is 1. The number of nitrogens with one attached hydrogen (secondary N) is 1. The van der Waals surface area contributed by atoms with Crippen molar-refractivity contribution < 1.29 is 0 Å². The fourth-order valence-electron chi connectivity index (χ4n) is 2.13. The predicted molar refractivity (Wildman–Crippen MR) is 80.7 cm³/mol. The van der Waals surface area contributed by atoms with Crippen molar-refractivity contribution in [2.24, 2.45) is 0 Å². The smallest absolute Gasteiger partial charge is 0.0441 e. The van der Waals surface area contributed by atoms with Crippen molar-refractivity contribution in [1.29, 1.82) is 0 Å². The van der Waals surface area contributed by atoms with Crippen molar-refractivity contribution in [2.75, 3.05) is 7.05 Å². The zero-order valence-electron chi connectivity index (χ0n) is 11.0. The van der Waals surface area contributed by atoms with Crippen molar-refractivity contribution >= 4 is 22.9 Å². The molecule has 2 rings (SSSR count). The van der Waals surface area contributed by atoms with E-state index in [0.717, 1.165) is 11.4 Å². The first-order valence-corrected chi connectivity index (χ1v) is 7.39. The lowest BCUT2D eigenvalue weighted by molar-refractivity contribution is 0.591. The molecule has 1 N–H and O–H groups in total. The molecular weight excluding hydrogens is 262 g/mol. The molecule has 0 aliphatic rings. The Morgan fingerprint density at radius 2 is 2.06 bits per heavy atom. The second-order valence-corrected chi connectivity index (χ2v) is 5.80. The van der Waals surface area contributed by atoms with Gasteiger partial charge in [-0.1, -0.05) is 23.7 Å². The molecule has 0 spiro atoms. The zero-order chi connectivity index (χ0) is 13.1. The van der Waals surface area contributed by atoms with Crippen molar-refractivity contribution in [3.8, 4) is 0 Å². The molecule has 2 aromatic rings. The minimum atomic E-state index is 0.330. The Labute approximate surface area is 118 Å². The Bertz CT molecular complexity index is 533. The van der Waals surface area contributed by atoms with Crippen LogP contribution in [0, 0.1) is 13.8 Å². The Balaban J connectivity index is 2.23. The molecule has 1 nitrogen and oxygen atoms in total. The summed E-state index contributed by atoms with van der Waals surface area (Å²) in [6.45, 7) is 4.22. The van der Waals surface area contributed by atoms with Crippen LogP contribution >= 0.6 is 22.9 Å². The van der Waals surface area contributed by atoms with E-state index < -0.39 is 0 Å². The molecule has 0 radical (unpaired) electrons. The Morgan fingerprint density at radius 3 is 2.61 bits per heavy atom. The molecule has 0 amide bonds. The van der Waals surface area contributed by atoms with E-state index >= 15 is 0 Å². The molecular formula is C15H18ClNS. The highest BCUT2D eigenvalue weighted by Gasteiger charge is 2.14. The van der Waals surface area contributed by atoms with E-state index in [4.69, 9.17) is 11.6 Å². The molecule has 0 saturated carbocycles. The first kappa shape index (κ1) is 13.6. The summed E-state index contributed by atoms with van der Waals surface area (Å²) in [6, 6.07) is 6.61. The monoisotopic (exact) mass is 279 g/mol. The van der Waals surface area contributed by atoms with E-state index in [0.29, 0.717) is 6.04 Å². The van der Waals surface area contributed by atoms with E-state index in [1.165, 1.54) is 22.3 Å². The van der Waals surface area contributed by atoms with Gasteiger partial charge in [-0.3, -0.25) is 0 Å². The van der Waals surface area contributed by atoms with Crippen LogP contribution in [0.25, 0.3) is 0 Å². The van der Waals surface area contributed by atoms with E-state index in [-0.39, 0.29) is 0 Å².